The third-order valence-corrected chi connectivity index (χ3v) is 2.82. The minimum absolute atomic E-state index is 0.404. The molecule has 0 spiro atoms. The molecule has 2 N–H and O–H groups in total. The number of halogens is 2. The molecule has 2 aromatic rings. The van der Waals surface area contributed by atoms with Crippen molar-refractivity contribution in [2.75, 3.05) is 5.73 Å². The molecule has 78 valence electrons. The van der Waals surface area contributed by atoms with Crippen LogP contribution in [-0.4, -0.2) is 15.0 Å². The number of rotatable bonds is 1. The Morgan fingerprint density at radius 2 is 2.00 bits per heavy atom. The van der Waals surface area contributed by atoms with E-state index >= 15 is 0 Å². The second-order valence-corrected chi connectivity index (χ2v) is 3.88. The van der Waals surface area contributed by atoms with E-state index in [1.807, 2.05) is 6.92 Å². The Labute approximate surface area is 96.6 Å². The van der Waals surface area contributed by atoms with E-state index in [0.717, 1.165) is 11.4 Å². The Bertz CT molecular complexity index is 507. The van der Waals surface area contributed by atoms with Crippen LogP contribution in [0.25, 0.3) is 5.69 Å². The Hall–Kier alpha value is -1.26. The standard InChI is InChI=1S/C9H8Cl2N4/c1-5-9(12)13-14-15(5)6-2-3-7(10)8(11)4-6/h2-4H,12H2,1H3. The van der Waals surface area contributed by atoms with E-state index in [0.29, 0.717) is 15.9 Å². The lowest BCUT2D eigenvalue weighted by molar-refractivity contribution is 0.785. The van der Waals surface area contributed by atoms with Crippen molar-refractivity contribution in [3.8, 4) is 5.69 Å². The summed E-state index contributed by atoms with van der Waals surface area (Å²) in [7, 11) is 0. The van der Waals surface area contributed by atoms with Gasteiger partial charge in [0.25, 0.3) is 0 Å². The first-order valence-corrected chi connectivity index (χ1v) is 4.98. The fourth-order valence-corrected chi connectivity index (χ4v) is 1.50. The van der Waals surface area contributed by atoms with E-state index in [1.165, 1.54) is 0 Å². The molecule has 6 heteroatoms. The van der Waals surface area contributed by atoms with Crippen molar-refractivity contribution in [2.45, 2.75) is 6.92 Å². The SMILES string of the molecule is Cc1c(N)nnn1-c1ccc(Cl)c(Cl)c1. The largest absolute Gasteiger partial charge is 0.381 e. The average Bonchev–Trinajstić information content (AvgIpc) is 2.53. The second-order valence-electron chi connectivity index (χ2n) is 3.07. The van der Waals surface area contributed by atoms with Gasteiger partial charge in [-0.3, -0.25) is 0 Å². The highest BCUT2D eigenvalue weighted by Crippen LogP contribution is 2.25. The minimum atomic E-state index is 0.404. The molecule has 15 heavy (non-hydrogen) atoms. The third-order valence-electron chi connectivity index (χ3n) is 2.08. The number of nitrogens with zero attached hydrogens (tertiary/aromatic N) is 3. The Morgan fingerprint density at radius 1 is 1.27 bits per heavy atom. The summed E-state index contributed by atoms with van der Waals surface area (Å²) in [6.07, 6.45) is 0. The van der Waals surface area contributed by atoms with Crippen molar-refractivity contribution in [1.82, 2.24) is 15.0 Å². The molecule has 2 rings (SSSR count). The van der Waals surface area contributed by atoms with E-state index < -0.39 is 0 Å². The molecule has 0 aliphatic carbocycles. The van der Waals surface area contributed by atoms with Crippen molar-refractivity contribution in [3.63, 3.8) is 0 Å². The van der Waals surface area contributed by atoms with Crippen LogP contribution in [0, 0.1) is 6.92 Å². The van der Waals surface area contributed by atoms with Crippen molar-refractivity contribution >= 4 is 29.0 Å². The van der Waals surface area contributed by atoms with Crippen LogP contribution in [0.15, 0.2) is 18.2 Å². The molecule has 0 saturated carbocycles. The highest BCUT2D eigenvalue weighted by molar-refractivity contribution is 6.42. The zero-order valence-electron chi connectivity index (χ0n) is 7.91. The van der Waals surface area contributed by atoms with Crippen LogP contribution >= 0.6 is 23.2 Å². The molecule has 0 aliphatic rings. The lowest BCUT2D eigenvalue weighted by Crippen LogP contribution is -1.99. The molecule has 1 aromatic heterocycles. The summed E-state index contributed by atoms with van der Waals surface area (Å²) < 4.78 is 1.61. The zero-order chi connectivity index (χ0) is 11.0. The van der Waals surface area contributed by atoms with Crippen LogP contribution in [-0.2, 0) is 0 Å². The van der Waals surface area contributed by atoms with Gasteiger partial charge in [0.2, 0.25) is 0 Å². The zero-order valence-corrected chi connectivity index (χ0v) is 9.42. The Balaban J connectivity index is 2.55. The molecule has 4 nitrogen and oxygen atoms in total. The number of nitrogen functional groups attached to an aromatic ring is 1. The number of hydrogen-bond acceptors (Lipinski definition) is 3. The van der Waals surface area contributed by atoms with Gasteiger partial charge in [0.1, 0.15) is 0 Å². The van der Waals surface area contributed by atoms with Crippen molar-refractivity contribution in [2.24, 2.45) is 0 Å². The molecule has 0 saturated heterocycles. The summed E-state index contributed by atoms with van der Waals surface area (Å²) >= 11 is 11.7. The van der Waals surface area contributed by atoms with Gasteiger partial charge >= 0.3 is 0 Å². The lowest BCUT2D eigenvalue weighted by Gasteiger charge is -2.04. The smallest absolute Gasteiger partial charge is 0.169 e. The number of nitrogens with two attached hydrogens (primary N) is 1. The van der Waals surface area contributed by atoms with E-state index in [-0.39, 0.29) is 0 Å². The summed E-state index contributed by atoms with van der Waals surface area (Å²) in [6, 6.07) is 5.22. The van der Waals surface area contributed by atoms with Gasteiger partial charge in [-0.1, -0.05) is 28.4 Å². The summed E-state index contributed by atoms with van der Waals surface area (Å²) in [6.45, 7) is 1.83. The monoisotopic (exact) mass is 242 g/mol. The first-order chi connectivity index (χ1) is 7.09. The van der Waals surface area contributed by atoms with Gasteiger partial charge in [0.05, 0.1) is 21.4 Å². The number of benzene rings is 1. The summed E-state index contributed by atoms with van der Waals surface area (Å²) in [5.74, 6) is 0.404. The van der Waals surface area contributed by atoms with Crippen LogP contribution < -0.4 is 5.73 Å². The van der Waals surface area contributed by atoms with Gasteiger partial charge in [-0.25, -0.2) is 4.68 Å². The summed E-state index contributed by atoms with van der Waals surface area (Å²) in [5, 5.41) is 8.64. The predicted molar refractivity (Wildman–Crippen MR) is 60.5 cm³/mol. The molecule has 0 aliphatic heterocycles. The van der Waals surface area contributed by atoms with Crippen LogP contribution in [0.3, 0.4) is 0 Å². The molecular formula is C9H8Cl2N4. The van der Waals surface area contributed by atoms with Crippen LogP contribution in [0.5, 0.6) is 0 Å². The van der Waals surface area contributed by atoms with Gasteiger partial charge in [0.15, 0.2) is 5.82 Å². The molecule has 0 bridgehead atoms. The molecule has 0 radical (unpaired) electrons. The van der Waals surface area contributed by atoms with Crippen LogP contribution in [0.1, 0.15) is 5.69 Å². The molecule has 1 aromatic carbocycles. The van der Waals surface area contributed by atoms with Crippen molar-refractivity contribution in [1.29, 1.82) is 0 Å². The van der Waals surface area contributed by atoms with Gasteiger partial charge in [0, 0.05) is 0 Å². The highest BCUT2D eigenvalue weighted by atomic mass is 35.5. The van der Waals surface area contributed by atoms with Crippen molar-refractivity contribution in [3.05, 3.63) is 33.9 Å². The Morgan fingerprint density at radius 3 is 2.53 bits per heavy atom. The molecule has 1 heterocycles. The number of aromatic nitrogens is 3. The van der Waals surface area contributed by atoms with E-state index in [4.69, 9.17) is 28.9 Å². The van der Waals surface area contributed by atoms with Crippen molar-refractivity contribution < 1.29 is 0 Å². The highest BCUT2D eigenvalue weighted by Gasteiger charge is 2.08. The van der Waals surface area contributed by atoms with Gasteiger partial charge < -0.3 is 5.73 Å². The molecule has 0 fully saturated rings. The number of anilines is 1. The molecule has 0 amide bonds. The third kappa shape index (κ3) is 1.78. The summed E-state index contributed by atoms with van der Waals surface area (Å²) in [5.41, 5.74) is 7.15. The van der Waals surface area contributed by atoms with Gasteiger partial charge in [-0.15, -0.1) is 5.10 Å². The van der Waals surface area contributed by atoms with E-state index in [9.17, 15) is 0 Å². The maximum absolute atomic E-state index is 5.90. The maximum atomic E-state index is 5.90. The van der Waals surface area contributed by atoms with Crippen LogP contribution in [0.4, 0.5) is 5.82 Å². The molecule has 0 atom stereocenters. The lowest BCUT2D eigenvalue weighted by atomic mass is 10.3. The minimum Gasteiger partial charge on any atom is -0.381 e. The number of hydrogen-bond donors (Lipinski definition) is 1. The topological polar surface area (TPSA) is 56.7 Å². The normalized spacial score (nSPS) is 10.6. The first-order valence-electron chi connectivity index (χ1n) is 4.23. The van der Waals surface area contributed by atoms with E-state index in [2.05, 4.69) is 10.3 Å². The molecular weight excluding hydrogens is 235 g/mol. The molecule has 0 unspecified atom stereocenters. The van der Waals surface area contributed by atoms with Gasteiger partial charge in [-0.05, 0) is 25.1 Å². The van der Waals surface area contributed by atoms with Gasteiger partial charge in [-0.2, -0.15) is 0 Å². The first kappa shape index (κ1) is 10.3. The quantitative estimate of drug-likeness (QED) is 0.836. The Kier molecular flexibility index (Phi) is 2.54. The summed E-state index contributed by atoms with van der Waals surface area (Å²) in [4.78, 5) is 0. The fraction of sp³-hybridized carbons (Fsp3) is 0.111. The average molecular weight is 243 g/mol. The maximum Gasteiger partial charge on any atom is 0.169 e. The van der Waals surface area contributed by atoms with Crippen LogP contribution in [0.2, 0.25) is 10.0 Å². The predicted octanol–water partition coefficient (Wildman–Crippen LogP) is 2.46. The second kappa shape index (κ2) is 3.72. The fourth-order valence-electron chi connectivity index (χ4n) is 1.20. The van der Waals surface area contributed by atoms with E-state index in [1.54, 1.807) is 22.9 Å².